The number of carbonyl (C=O) groups is 1. The van der Waals surface area contributed by atoms with Crippen LogP contribution in [-0.2, 0) is 0 Å². The lowest BCUT2D eigenvalue weighted by Gasteiger charge is -2.20. The Bertz CT molecular complexity index is 520. The van der Waals surface area contributed by atoms with E-state index in [2.05, 4.69) is 5.32 Å². The summed E-state index contributed by atoms with van der Waals surface area (Å²) >= 11 is 0. The minimum absolute atomic E-state index is 0.0767. The molecule has 0 spiro atoms. The van der Waals surface area contributed by atoms with Crippen molar-refractivity contribution in [1.29, 1.82) is 0 Å². The second-order valence-corrected chi connectivity index (χ2v) is 5.49. The van der Waals surface area contributed by atoms with Crippen molar-refractivity contribution in [3.63, 3.8) is 0 Å². The number of hydrogen-bond donors (Lipinski definition) is 2. The topological polar surface area (TPSA) is 97.4 Å². The molecule has 1 aliphatic carbocycles. The quantitative estimate of drug-likeness (QED) is 0.609. The normalized spacial score (nSPS) is 16.2. The predicted molar refractivity (Wildman–Crippen MR) is 72.5 cm³/mol. The summed E-state index contributed by atoms with van der Waals surface area (Å²) in [6, 6.07) is 1.11. The van der Waals surface area contributed by atoms with Crippen LogP contribution in [0.1, 0.15) is 43.2 Å². The summed E-state index contributed by atoms with van der Waals surface area (Å²) < 4.78 is 1.67. The third-order valence-corrected chi connectivity index (χ3v) is 3.54. The second-order valence-electron chi connectivity index (χ2n) is 5.49. The minimum atomic E-state index is -0.498. The molecule has 7 nitrogen and oxygen atoms in total. The fourth-order valence-corrected chi connectivity index (χ4v) is 2.07. The van der Waals surface area contributed by atoms with E-state index in [0.29, 0.717) is 5.69 Å². The highest BCUT2D eigenvalue weighted by Crippen LogP contribution is 2.37. The zero-order chi connectivity index (χ0) is 14.9. The van der Waals surface area contributed by atoms with Crippen molar-refractivity contribution >= 4 is 11.6 Å². The first-order valence-corrected chi connectivity index (χ1v) is 6.72. The van der Waals surface area contributed by atoms with Crippen molar-refractivity contribution < 1.29 is 14.8 Å². The molecular weight excluding hydrogens is 262 g/mol. The van der Waals surface area contributed by atoms with Gasteiger partial charge >= 0.3 is 0 Å². The van der Waals surface area contributed by atoms with Gasteiger partial charge in [0.05, 0.1) is 23.8 Å². The summed E-state index contributed by atoms with van der Waals surface area (Å²) in [7, 11) is 0. The van der Waals surface area contributed by atoms with Crippen LogP contribution in [0.15, 0.2) is 12.3 Å². The summed E-state index contributed by atoms with van der Waals surface area (Å²) in [6.45, 7) is 3.63. The molecule has 1 aliphatic rings. The van der Waals surface area contributed by atoms with E-state index in [4.69, 9.17) is 0 Å². The molecular formula is C13H19N3O4. The molecule has 2 N–H and O–H groups in total. The Morgan fingerprint density at radius 2 is 2.25 bits per heavy atom. The summed E-state index contributed by atoms with van der Waals surface area (Å²) in [6.07, 6.45) is 3.27. The maximum absolute atomic E-state index is 12.2. The van der Waals surface area contributed by atoms with Gasteiger partial charge < -0.3 is 15.0 Å². The van der Waals surface area contributed by atoms with E-state index in [0.717, 1.165) is 12.8 Å². The first-order valence-electron chi connectivity index (χ1n) is 6.72. The molecule has 1 unspecified atom stereocenters. The minimum Gasteiger partial charge on any atom is -0.394 e. The van der Waals surface area contributed by atoms with Gasteiger partial charge in [-0.2, -0.15) is 0 Å². The van der Waals surface area contributed by atoms with Crippen LogP contribution in [0.25, 0.3) is 0 Å². The van der Waals surface area contributed by atoms with Gasteiger partial charge in [0.2, 0.25) is 0 Å². The molecule has 0 saturated heterocycles. The third-order valence-electron chi connectivity index (χ3n) is 3.54. The number of hydrogen-bond acceptors (Lipinski definition) is 4. The number of aliphatic hydroxyl groups excluding tert-OH is 1. The number of nitrogens with zero attached hydrogens (tertiary/aromatic N) is 2. The maximum Gasteiger partial charge on any atom is 0.287 e. The molecule has 20 heavy (non-hydrogen) atoms. The zero-order valence-electron chi connectivity index (χ0n) is 11.6. The Morgan fingerprint density at radius 3 is 2.70 bits per heavy atom. The van der Waals surface area contributed by atoms with E-state index in [1.807, 2.05) is 13.8 Å². The van der Waals surface area contributed by atoms with Gasteiger partial charge in [0, 0.05) is 12.1 Å². The predicted octanol–water partition coefficient (Wildman–Crippen LogP) is 1.48. The monoisotopic (exact) mass is 281 g/mol. The van der Waals surface area contributed by atoms with Crippen LogP contribution in [0.2, 0.25) is 0 Å². The highest BCUT2D eigenvalue weighted by atomic mass is 16.6. The SMILES string of the molecule is CC(C)C(CO)NC(=O)c1cc([N+](=O)[O-])cn1C1CC1. The van der Waals surface area contributed by atoms with Crippen LogP contribution in [-0.4, -0.2) is 33.2 Å². The van der Waals surface area contributed by atoms with Crippen LogP contribution in [0.3, 0.4) is 0 Å². The first kappa shape index (κ1) is 14.5. The summed E-state index contributed by atoms with van der Waals surface area (Å²) in [5, 5.41) is 22.8. The average molecular weight is 281 g/mol. The second kappa shape index (κ2) is 5.62. The molecule has 1 amide bonds. The molecule has 0 radical (unpaired) electrons. The molecule has 7 heteroatoms. The fraction of sp³-hybridized carbons (Fsp3) is 0.615. The van der Waals surface area contributed by atoms with E-state index in [1.165, 1.54) is 12.3 Å². The number of carbonyl (C=O) groups excluding carboxylic acids is 1. The van der Waals surface area contributed by atoms with Crippen molar-refractivity contribution in [2.24, 2.45) is 5.92 Å². The van der Waals surface area contributed by atoms with Crippen molar-refractivity contribution in [1.82, 2.24) is 9.88 Å². The van der Waals surface area contributed by atoms with Crippen molar-refractivity contribution in [3.05, 3.63) is 28.1 Å². The smallest absolute Gasteiger partial charge is 0.287 e. The lowest BCUT2D eigenvalue weighted by molar-refractivity contribution is -0.384. The number of aliphatic hydroxyl groups is 1. The van der Waals surface area contributed by atoms with Gasteiger partial charge in [0.1, 0.15) is 5.69 Å². The average Bonchev–Trinajstić information content (AvgIpc) is 3.13. The summed E-state index contributed by atoms with van der Waals surface area (Å²) in [5.74, 6) is -0.291. The van der Waals surface area contributed by atoms with Crippen LogP contribution in [0.4, 0.5) is 5.69 Å². The Morgan fingerprint density at radius 1 is 1.60 bits per heavy atom. The Hall–Kier alpha value is -1.89. The van der Waals surface area contributed by atoms with E-state index in [1.54, 1.807) is 4.57 Å². The number of rotatable bonds is 6. The number of amides is 1. The van der Waals surface area contributed by atoms with Crippen LogP contribution in [0.5, 0.6) is 0 Å². The molecule has 1 atom stereocenters. The van der Waals surface area contributed by atoms with E-state index in [9.17, 15) is 20.0 Å². The van der Waals surface area contributed by atoms with Crippen LogP contribution < -0.4 is 5.32 Å². The first-order chi connectivity index (χ1) is 9.43. The zero-order valence-corrected chi connectivity index (χ0v) is 11.6. The van der Waals surface area contributed by atoms with Gasteiger partial charge in [0.25, 0.3) is 11.6 Å². The molecule has 1 aromatic heterocycles. The van der Waals surface area contributed by atoms with Gasteiger partial charge in [-0.25, -0.2) is 0 Å². The van der Waals surface area contributed by atoms with Gasteiger partial charge in [-0.1, -0.05) is 13.8 Å². The molecule has 1 fully saturated rings. The van der Waals surface area contributed by atoms with Crippen molar-refractivity contribution in [2.45, 2.75) is 38.8 Å². The summed E-state index contributed by atoms with van der Waals surface area (Å²) in [4.78, 5) is 22.6. The standard InChI is InChI=1S/C13H19N3O4/c1-8(2)11(7-17)14-13(18)12-5-10(16(19)20)6-15(12)9-3-4-9/h5-6,8-9,11,17H,3-4,7H2,1-2H3,(H,14,18). The molecule has 2 rings (SSSR count). The number of aromatic nitrogens is 1. The molecule has 0 aliphatic heterocycles. The van der Waals surface area contributed by atoms with E-state index >= 15 is 0 Å². The van der Waals surface area contributed by atoms with Crippen molar-refractivity contribution in [3.8, 4) is 0 Å². The lowest BCUT2D eigenvalue weighted by Crippen LogP contribution is -2.41. The van der Waals surface area contributed by atoms with Gasteiger partial charge in [-0.05, 0) is 18.8 Å². The highest BCUT2D eigenvalue weighted by Gasteiger charge is 2.31. The fourth-order valence-electron chi connectivity index (χ4n) is 2.07. The van der Waals surface area contributed by atoms with E-state index < -0.39 is 4.92 Å². The van der Waals surface area contributed by atoms with Gasteiger partial charge in [-0.3, -0.25) is 14.9 Å². The molecule has 110 valence electrons. The molecule has 1 heterocycles. The highest BCUT2D eigenvalue weighted by molar-refractivity contribution is 5.93. The largest absolute Gasteiger partial charge is 0.394 e. The van der Waals surface area contributed by atoms with E-state index in [-0.39, 0.29) is 36.2 Å². The maximum atomic E-state index is 12.2. The van der Waals surface area contributed by atoms with Crippen LogP contribution in [0, 0.1) is 16.0 Å². The molecule has 0 aromatic carbocycles. The lowest BCUT2D eigenvalue weighted by atomic mass is 10.1. The summed E-state index contributed by atoms with van der Waals surface area (Å²) in [5.41, 5.74) is 0.213. The molecule has 0 bridgehead atoms. The molecule has 1 aromatic rings. The van der Waals surface area contributed by atoms with Gasteiger partial charge in [-0.15, -0.1) is 0 Å². The number of nitro groups is 1. The Kier molecular flexibility index (Phi) is 4.08. The number of nitrogens with one attached hydrogen (secondary N) is 1. The molecule has 1 saturated carbocycles. The Balaban J connectivity index is 2.22. The Labute approximate surface area is 116 Å². The third kappa shape index (κ3) is 2.98. The van der Waals surface area contributed by atoms with Crippen LogP contribution >= 0.6 is 0 Å². The van der Waals surface area contributed by atoms with Gasteiger partial charge in [0.15, 0.2) is 0 Å². The van der Waals surface area contributed by atoms with Crippen molar-refractivity contribution in [2.75, 3.05) is 6.61 Å².